The smallest absolute Gasteiger partial charge is 0.326 e. The van der Waals surface area contributed by atoms with Crippen molar-refractivity contribution in [2.75, 3.05) is 0 Å². The van der Waals surface area contributed by atoms with Crippen LogP contribution < -0.4 is 4.74 Å². The Kier molecular flexibility index (Phi) is 5.14. The fourth-order valence-electron chi connectivity index (χ4n) is 2.78. The lowest BCUT2D eigenvalue weighted by atomic mass is 10.1. The summed E-state index contributed by atoms with van der Waals surface area (Å²) in [6.45, 7) is 7.20. The fourth-order valence-corrected chi connectivity index (χ4v) is 2.78. The standard InChI is InChI=1S/C20H23N3O4/c1-13(24)16-11-23(12-18(25)27-20(2,3)4)17-10-14(6-7-15(16)17)26-19-21-8-5-9-22-19/h5-11,13,24H,12H2,1-4H3. The van der Waals surface area contributed by atoms with Crippen molar-refractivity contribution >= 4 is 16.9 Å². The second-order valence-electron chi connectivity index (χ2n) is 7.29. The van der Waals surface area contributed by atoms with Crippen LogP contribution in [0.3, 0.4) is 0 Å². The number of aromatic nitrogens is 3. The number of carbonyl (C=O) groups is 1. The van der Waals surface area contributed by atoms with E-state index in [1.807, 2.05) is 26.8 Å². The molecule has 2 heterocycles. The van der Waals surface area contributed by atoms with Crippen molar-refractivity contribution in [2.24, 2.45) is 0 Å². The normalized spacial score (nSPS) is 12.8. The highest BCUT2D eigenvalue weighted by molar-refractivity contribution is 5.87. The van der Waals surface area contributed by atoms with Crippen molar-refractivity contribution in [3.8, 4) is 11.8 Å². The first-order valence-electron chi connectivity index (χ1n) is 8.70. The number of nitrogens with zero attached hydrogens (tertiary/aromatic N) is 3. The van der Waals surface area contributed by atoms with Crippen LogP contribution >= 0.6 is 0 Å². The van der Waals surface area contributed by atoms with Crippen LogP contribution in [0.15, 0.2) is 42.9 Å². The second kappa shape index (κ2) is 7.36. The van der Waals surface area contributed by atoms with E-state index in [-0.39, 0.29) is 18.5 Å². The molecule has 3 aromatic rings. The molecule has 0 amide bonds. The minimum atomic E-state index is -0.670. The maximum absolute atomic E-state index is 12.3. The number of hydrogen-bond acceptors (Lipinski definition) is 6. The van der Waals surface area contributed by atoms with Gasteiger partial charge in [0.15, 0.2) is 0 Å². The van der Waals surface area contributed by atoms with Crippen LogP contribution in [-0.4, -0.2) is 31.2 Å². The zero-order valence-corrected chi connectivity index (χ0v) is 15.8. The molecule has 0 fully saturated rings. The summed E-state index contributed by atoms with van der Waals surface area (Å²) in [6, 6.07) is 7.36. The summed E-state index contributed by atoms with van der Waals surface area (Å²) in [5.74, 6) is 0.184. The molecule has 1 aromatic carbocycles. The Labute approximate surface area is 157 Å². The van der Waals surface area contributed by atoms with Gasteiger partial charge in [-0.3, -0.25) is 4.79 Å². The second-order valence-corrected chi connectivity index (χ2v) is 7.29. The Balaban J connectivity index is 1.96. The average molecular weight is 369 g/mol. The first-order chi connectivity index (χ1) is 12.7. The average Bonchev–Trinajstić information content (AvgIpc) is 2.92. The first-order valence-corrected chi connectivity index (χ1v) is 8.70. The van der Waals surface area contributed by atoms with Crippen molar-refractivity contribution in [3.63, 3.8) is 0 Å². The van der Waals surface area contributed by atoms with E-state index in [4.69, 9.17) is 9.47 Å². The van der Waals surface area contributed by atoms with Crippen molar-refractivity contribution < 1.29 is 19.4 Å². The molecule has 142 valence electrons. The maximum Gasteiger partial charge on any atom is 0.326 e. The third kappa shape index (κ3) is 4.62. The number of carbonyl (C=O) groups excluding carboxylic acids is 1. The minimum Gasteiger partial charge on any atom is -0.459 e. The van der Waals surface area contributed by atoms with Gasteiger partial charge in [-0.05, 0) is 45.9 Å². The molecule has 1 N–H and O–H groups in total. The highest BCUT2D eigenvalue weighted by Gasteiger charge is 2.19. The van der Waals surface area contributed by atoms with E-state index in [9.17, 15) is 9.90 Å². The van der Waals surface area contributed by atoms with Crippen molar-refractivity contribution in [3.05, 3.63) is 48.4 Å². The van der Waals surface area contributed by atoms with Crippen molar-refractivity contribution in [1.29, 1.82) is 0 Å². The number of fused-ring (bicyclic) bond motifs is 1. The van der Waals surface area contributed by atoms with Gasteiger partial charge in [-0.15, -0.1) is 0 Å². The molecule has 27 heavy (non-hydrogen) atoms. The van der Waals surface area contributed by atoms with Gasteiger partial charge < -0.3 is 19.1 Å². The quantitative estimate of drug-likeness (QED) is 0.691. The molecule has 7 heteroatoms. The van der Waals surface area contributed by atoms with Crippen molar-refractivity contribution in [1.82, 2.24) is 14.5 Å². The van der Waals surface area contributed by atoms with Crippen LogP contribution in [-0.2, 0) is 16.1 Å². The molecule has 0 saturated heterocycles. The maximum atomic E-state index is 12.3. The zero-order valence-electron chi connectivity index (χ0n) is 15.8. The third-order valence-corrected chi connectivity index (χ3v) is 3.81. The molecule has 2 aromatic heterocycles. The summed E-state index contributed by atoms with van der Waals surface area (Å²) in [5, 5.41) is 10.9. The molecule has 3 rings (SSSR count). The SMILES string of the molecule is CC(O)c1cn(CC(=O)OC(C)(C)C)c2cc(Oc3ncccn3)ccc12. The van der Waals surface area contributed by atoms with E-state index < -0.39 is 11.7 Å². The molecule has 1 unspecified atom stereocenters. The van der Waals surface area contributed by atoms with Crippen LogP contribution in [0, 0.1) is 0 Å². The first kappa shape index (κ1) is 18.8. The van der Waals surface area contributed by atoms with E-state index in [1.165, 1.54) is 0 Å². The molecular weight excluding hydrogens is 346 g/mol. The molecule has 7 nitrogen and oxygen atoms in total. The van der Waals surface area contributed by atoms with E-state index in [0.29, 0.717) is 5.75 Å². The van der Waals surface area contributed by atoms with Gasteiger partial charge >= 0.3 is 12.0 Å². The highest BCUT2D eigenvalue weighted by atomic mass is 16.6. The largest absolute Gasteiger partial charge is 0.459 e. The Morgan fingerprint density at radius 2 is 1.96 bits per heavy atom. The zero-order chi connectivity index (χ0) is 19.6. The third-order valence-electron chi connectivity index (χ3n) is 3.81. The molecule has 0 spiro atoms. The van der Waals surface area contributed by atoms with Crippen LogP contribution in [0.4, 0.5) is 0 Å². The Morgan fingerprint density at radius 3 is 2.59 bits per heavy atom. The van der Waals surface area contributed by atoms with Crippen LogP contribution in [0.2, 0.25) is 0 Å². The molecule has 0 aliphatic carbocycles. The summed E-state index contributed by atoms with van der Waals surface area (Å²) >= 11 is 0. The van der Waals surface area contributed by atoms with E-state index in [1.54, 1.807) is 48.3 Å². The molecule has 1 atom stereocenters. The van der Waals surface area contributed by atoms with Crippen molar-refractivity contribution in [2.45, 2.75) is 45.9 Å². The van der Waals surface area contributed by atoms with Crippen LogP contribution in [0.1, 0.15) is 39.4 Å². The number of aliphatic hydroxyl groups excluding tert-OH is 1. The van der Waals surface area contributed by atoms with E-state index in [2.05, 4.69) is 9.97 Å². The summed E-state index contributed by atoms with van der Waals surface area (Å²) in [4.78, 5) is 20.4. The van der Waals surface area contributed by atoms with Gasteiger partial charge in [-0.1, -0.05) is 0 Å². The van der Waals surface area contributed by atoms with Gasteiger partial charge in [0, 0.05) is 35.6 Å². The topological polar surface area (TPSA) is 86.5 Å². The molecule has 0 bridgehead atoms. The van der Waals surface area contributed by atoms with Gasteiger partial charge in [0.25, 0.3) is 0 Å². The molecule has 0 saturated carbocycles. The number of ether oxygens (including phenoxy) is 2. The van der Waals surface area contributed by atoms with Gasteiger partial charge in [-0.2, -0.15) is 0 Å². The van der Waals surface area contributed by atoms with Gasteiger partial charge in [0.1, 0.15) is 17.9 Å². The number of aliphatic hydroxyl groups is 1. The van der Waals surface area contributed by atoms with E-state index >= 15 is 0 Å². The predicted octanol–water partition coefficient (Wildman–Crippen LogP) is 3.62. The summed E-state index contributed by atoms with van der Waals surface area (Å²) < 4.78 is 12.8. The Morgan fingerprint density at radius 1 is 1.26 bits per heavy atom. The molecule has 0 radical (unpaired) electrons. The number of rotatable bonds is 5. The lowest BCUT2D eigenvalue weighted by molar-refractivity contribution is -0.155. The summed E-state index contributed by atoms with van der Waals surface area (Å²) in [5.41, 5.74) is 0.924. The van der Waals surface area contributed by atoms with E-state index in [0.717, 1.165) is 16.5 Å². The molecular formula is C20H23N3O4. The fraction of sp³-hybridized carbons (Fsp3) is 0.350. The Hall–Kier alpha value is -2.93. The van der Waals surface area contributed by atoms with Crippen LogP contribution in [0.5, 0.6) is 11.8 Å². The lowest BCUT2D eigenvalue weighted by Gasteiger charge is -2.19. The summed E-state index contributed by atoms with van der Waals surface area (Å²) in [6.07, 6.45) is 4.29. The molecule has 0 aliphatic rings. The van der Waals surface area contributed by atoms with Gasteiger partial charge in [0.2, 0.25) is 0 Å². The minimum absolute atomic E-state index is 0.0335. The lowest BCUT2D eigenvalue weighted by Crippen LogP contribution is -2.26. The highest BCUT2D eigenvalue weighted by Crippen LogP contribution is 2.31. The Bertz CT molecular complexity index is 943. The van der Waals surface area contributed by atoms with Gasteiger partial charge in [-0.25, -0.2) is 9.97 Å². The number of hydrogen-bond donors (Lipinski definition) is 1. The molecule has 0 aliphatic heterocycles. The summed E-state index contributed by atoms with van der Waals surface area (Å²) in [7, 11) is 0. The number of benzene rings is 1. The van der Waals surface area contributed by atoms with Crippen LogP contribution in [0.25, 0.3) is 10.9 Å². The number of esters is 1. The predicted molar refractivity (Wildman–Crippen MR) is 101 cm³/mol. The van der Waals surface area contributed by atoms with Gasteiger partial charge in [0.05, 0.1) is 11.6 Å². The monoisotopic (exact) mass is 369 g/mol.